The number of ether oxygens (including phenoxy) is 2. The zero-order chi connectivity index (χ0) is 24.7. The van der Waals surface area contributed by atoms with Crippen LogP contribution in [-0.4, -0.2) is 73.8 Å². The third-order valence-electron chi connectivity index (χ3n) is 5.94. The third-order valence-corrected chi connectivity index (χ3v) is 6.59. The van der Waals surface area contributed by atoms with Gasteiger partial charge in [-0.3, -0.25) is 0 Å². The topological polar surface area (TPSA) is 100 Å². The van der Waals surface area contributed by atoms with Crippen molar-refractivity contribution in [3.05, 3.63) is 58.1 Å². The van der Waals surface area contributed by atoms with E-state index in [0.29, 0.717) is 31.1 Å². The number of hydrogen-bond acceptors (Lipinski definition) is 10. The summed E-state index contributed by atoms with van der Waals surface area (Å²) in [5, 5.41) is 7.67. The van der Waals surface area contributed by atoms with E-state index in [1.165, 1.54) is 5.69 Å². The molecule has 2 fully saturated rings. The van der Waals surface area contributed by atoms with E-state index in [1.54, 1.807) is 6.21 Å². The number of nitrogens with zero attached hydrogens (tertiary/aromatic N) is 6. The summed E-state index contributed by atoms with van der Waals surface area (Å²) in [5.74, 6) is 1.37. The predicted octanol–water partition coefficient (Wildman–Crippen LogP) is 3.81. The summed E-state index contributed by atoms with van der Waals surface area (Å²) in [6.45, 7) is 8.12. The molecule has 0 amide bonds. The second-order valence-electron chi connectivity index (χ2n) is 8.55. The number of morpholine rings is 2. The van der Waals surface area contributed by atoms with Crippen molar-refractivity contribution in [3.63, 3.8) is 0 Å². The predicted molar refractivity (Wildman–Crippen MR) is 146 cm³/mol. The molecule has 10 nitrogen and oxygen atoms in total. The zero-order valence-corrected chi connectivity index (χ0v) is 21.7. The molecule has 0 spiro atoms. The van der Waals surface area contributed by atoms with Crippen LogP contribution in [0.25, 0.3) is 0 Å². The Morgan fingerprint density at radius 2 is 1.53 bits per heavy atom. The fourth-order valence-corrected chi connectivity index (χ4v) is 4.57. The largest absolute Gasteiger partial charge is 0.378 e. The fourth-order valence-electron chi connectivity index (χ4n) is 3.97. The van der Waals surface area contributed by atoms with Gasteiger partial charge < -0.3 is 24.6 Å². The van der Waals surface area contributed by atoms with Crippen molar-refractivity contribution < 1.29 is 9.47 Å². The maximum Gasteiger partial charge on any atom is 0.250 e. The number of hydrogen-bond donors (Lipinski definition) is 2. The summed E-state index contributed by atoms with van der Waals surface area (Å²) in [4.78, 5) is 18.2. The first-order chi connectivity index (χ1) is 17.6. The molecule has 2 N–H and O–H groups in total. The molecule has 2 aliphatic heterocycles. The molecule has 1 aromatic heterocycles. The van der Waals surface area contributed by atoms with Gasteiger partial charge in [-0.1, -0.05) is 18.2 Å². The summed E-state index contributed by atoms with van der Waals surface area (Å²) >= 11 is 3.61. The molecule has 5 rings (SSSR count). The number of halogens is 1. The Labute approximate surface area is 218 Å². The molecule has 0 bridgehead atoms. The molecule has 2 aromatic carbocycles. The Kier molecular flexibility index (Phi) is 7.89. The number of aromatic nitrogens is 3. The van der Waals surface area contributed by atoms with Crippen LogP contribution in [0.15, 0.2) is 52.0 Å². The molecule has 0 aliphatic carbocycles. The standard InChI is InChI=1S/C25H29BrN8O2/c1-18-2-7-22(21(26)16-18)28-23-29-24(31-25(30-23)34-10-14-36-15-11-34)32-27-17-19-3-5-20(6-4-19)33-8-12-35-13-9-33/h2-7,16-17H,8-15H2,1H3,(H2,28,29,30,31,32)/b27-17-. The highest BCUT2D eigenvalue weighted by molar-refractivity contribution is 9.10. The normalized spacial score (nSPS) is 16.4. The minimum atomic E-state index is 0.360. The van der Waals surface area contributed by atoms with Crippen LogP contribution in [0.5, 0.6) is 0 Å². The van der Waals surface area contributed by atoms with Gasteiger partial charge in [0, 0.05) is 36.3 Å². The first-order valence-electron chi connectivity index (χ1n) is 12.0. The Bertz CT molecular complexity index is 1200. The van der Waals surface area contributed by atoms with Crippen molar-refractivity contribution in [2.24, 2.45) is 5.10 Å². The molecule has 3 heterocycles. The van der Waals surface area contributed by atoms with Gasteiger partial charge in [-0.2, -0.15) is 20.1 Å². The lowest BCUT2D eigenvalue weighted by Gasteiger charge is -2.28. The molecule has 0 radical (unpaired) electrons. The molecular formula is C25H29BrN8O2. The van der Waals surface area contributed by atoms with E-state index in [9.17, 15) is 0 Å². The lowest BCUT2D eigenvalue weighted by molar-refractivity contribution is 0.122. The maximum absolute atomic E-state index is 5.48. The van der Waals surface area contributed by atoms with Crippen LogP contribution >= 0.6 is 15.9 Å². The fraction of sp³-hybridized carbons (Fsp3) is 0.360. The highest BCUT2D eigenvalue weighted by Gasteiger charge is 2.17. The van der Waals surface area contributed by atoms with Crippen LogP contribution in [0.1, 0.15) is 11.1 Å². The zero-order valence-electron chi connectivity index (χ0n) is 20.2. The molecule has 2 aliphatic rings. The van der Waals surface area contributed by atoms with Crippen LogP contribution in [0, 0.1) is 6.92 Å². The molecule has 11 heteroatoms. The van der Waals surface area contributed by atoms with Gasteiger partial charge in [-0.05, 0) is 58.2 Å². The van der Waals surface area contributed by atoms with Crippen molar-refractivity contribution in [3.8, 4) is 0 Å². The van der Waals surface area contributed by atoms with Gasteiger partial charge in [0.1, 0.15) is 0 Å². The van der Waals surface area contributed by atoms with Gasteiger partial charge in [-0.15, -0.1) is 0 Å². The number of benzene rings is 2. The van der Waals surface area contributed by atoms with E-state index < -0.39 is 0 Å². The van der Waals surface area contributed by atoms with E-state index in [-0.39, 0.29) is 0 Å². The van der Waals surface area contributed by atoms with Gasteiger partial charge >= 0.3 is 0 Å². The summed E-state index contributed by atoms with van der Waals surface area (Å²) in [5.41, 5.74) is 7.16. The summed E-state index contributed by atoms with van der Waals surface area (Å²) < 4.78 is 11.9. The van der Waals surface area contributed by atoms with Crippen molar-refractivity contribution in [2.45, 2.75) is 6.92 Å². The molecule has 0 unspecified atom stereocenters. The number of nitrogens with one attached hydrogen (secondary N) is 2. The quantitative estimate of drug-likeness (QED) is 0.334. The van der Waals surface area contributed by atoms with E-state index >= 15 is 0 Å². The minimum absolute atomic E-state index is 0.360. The second-order valence-corrected chi connectivity index (χ2v) is 9.41. The van der Waals surface area contributed by atoms with Gasteiger partial charge in [0.2, 0.25) is 17.8 Å². The van der Waals surface area contributed by atoms with E-state index in [0.717, 1.165) is 60.7 Å². The van der Waals surface area contributed by atoms with Crippen LogP contribution < -0.4 is 20.5 Å². The van der Waals surface area contributed by atoms with Crippen molar-refractivity contribution >= 4 is 51.4 Å². The average molecular weight is 553 g/mol. The number of anilines is 5. The first-order valence-corrected chi connectivity index (χ1v) is 12.8. The second kappa shape index (κ2) is 11.6. The summed E-state index contributed by atoms with van der Waals surface area (Å²) in [7, 11) is 0. The molecule has 36 heavy (non-hydrogen) atoms. The summed E-state index contributed by atoms with van der Waals surface area (Å²) in [6, 6.07) is 14.4. The molecule has 0 atom stereocenters. The van der Waals surface area contributed by atoms with Crippen LogP contribution in [0.2, 0.25) is 0 Å². The Morgan fingerprint density at radius 1 is 0.861 bits per heavy atom. The van der Waals surface area contributed by atoms with Gasteiger partial charge in [0.15, 0.2) is 0 Å². The molecule has 2 saturated heterocycles. The van der Waals surface area contributed by atoms with Gasteiger partial charge in [0.05, 0.1) is 38.3 Å². The monoisotopic (exact) mass is 552 g/mol. The Balaban J connectivity index is 1.31. The van der Waals surface area contributed by atoms with Crippen LogP contribution in [0.4, 0.5) is 29.2 Å². The van der Waals surface area contributed by atoms with Crippen molar-refractivity contribution in [1.29, 1.82) is 0 Å². The van der Waals surface area contributed by atoms with Gasteiger partial charge in [0.25, 0.3) is 0 Å². The third kappa shape index (κ3) is 6.28. The lowest BCUT2D eigenvalue weighted by Crippen LogP contribution is -2.37. The Hall–Kier alpha value is -3.28. The first kappa shape index (κ1) is 24.4. The summed E-state index contributed by atoms with van der Waals surface area (Å²) in [6.07, 6.45) is 1.75. The smallest absolute Gasteiger partial charge is 0.250 e. The average Bonchev–Trinajstić information content (AvgIpc) is 2.92. The van der Waals surface area contributed by atoms with E-state index in [2.05, 4.69) is 68.7 Å². The van der Waals surface area contributed by atoms with Crippen LogP contribution in [-0.2, 0) is 9.47 Å². The Morgan fingerprint density at radius 3 is 2.22 bits per heavy atom. The minimum Gasteiger partial charge on any atom is -0.378 e. The number of aryl methyl sites for hydroxylation is 1. The van der Waals surface area contributed by atoms with E-state index in [4.69, 9.17) is 9.47 Å². The molecular weight excluding hydrogens is 524 g/mol. The highest BCUT2D eigenvalue weighted by atomic mass is 79.9. The SMILES string of the molecule is Cc1ccc(Nc2nc(N/N=C\c3ccc(N4CCOCC4)cc3)nc(N3CCOCC3)n2)c(Br)c1. The molecule has 0 saturated carbocycles. The van der Waals surface area contributed by atoms with Crippen molar-refractivity contribution in [2.75, 3.05) is 73.1 Å². The highest BCUT2D eigenvalue weighted by Crippen LogP contribution is 2.26. The van der Waals surface area contributed by atoms with E-state index in [1.807, 2.05) is 37.3 Å². The number of rotatable bonds is 7. The number of hydrazone groups is 1. The van der Waals surface area contributed by atoms with Crippen molar-refractivity contribution in [1.82, 2.24) is 15.0 Å². The molecule has 188 valence electrons. The van der Waals surface area contributed by atoms with Gasteiger partial charge in [-0.25, -0.2) is 5.43 Å². The maximum atomic E-state index is 5.48. The van der Waals surface area contributed by atoms with Crippen LogP contribution in [0.3, 0.4) is 0 Å². The molecule has 3 aromatic rings. The lowest BCUT2D eigenvalue weighted by atomic mass is 10.2.